The monoisotopic (exact) mass is 317 g/mol. The summed E-state index contributed by atoms with van der Waals surface area (Å²) in [5, 5.41) is 4.02. The molecule has 22 heavy (non-hydrogen) atoms. The minimum absolute atomic E-state index is 0.134. The standard InChI is InChI=1S/C17H19NO3S/c1-2-18(16(19)10-13-6-9-22-12-13)11-14-4-3-5-15-17(14)21-8-7-20-15/h3-6,9,12H,2,7-8,10-11H2,1H3. The molecule has 0 saturated heterocycles. The normalized spacial score (nSPS) is 13.0. The van der Waals surface area contributed by atoms with Gasteiger partial charge in [0.1, 0.15) is 13.2 Å². The van der Waals surface area contributed by atoms with Crippen LogP contribution in [0.15, 0.2) is 35.0 Å². The Morgan fingerprint density at radius 1 is 1.27 bits per heavy atom. The summed E-state index contributed by atoms with van der Waals surface area (Å²) in [5.41, 5.74) is 2.07. The highest BCUT2D eigenvalue weighted by Crippen LogP contribution is 2.34. The van der Waals surface area contributed by atoms with Gasteiger partial charge in [-0.3, -0.25) is 4.79 Å². The van der Waals surface area contributed by atoms with Gasteiger partial charge in [-0.25, -0.2) is 0 Å². The molecule has 0 fully saturated rings. The number of para-hydroxylation sites is 1. The SMILES string of the molecule is CCN(Cc1cccc2c1OCCO2)C(=O)Cc1ccsc1. The maximum absolute atomic E-state index is 12.5. The largest absolute Gasteiger partial charge is 0.486 e. The van der Waals surface area contributed by atoms with Gasteiger partial charge >= 0.3 is 0 Å². The Balaban J connectivity index is 1.74. The lowest BCUT2D eigenvalue weighted by molar-refractivity contribution is -0.130. The van der Waals surface area contributed by atoms with Crippen molar-refractivity contribution in [1.29, 1.82) is 0 Å². The lowest BCUT2D eigenvalue weighted by Crippen LogP contribution is -2.32. The number of benzene rings is 1. The quantitative estimate of drug-likeness (QED) is 0.850. The number of thiophene rings is 1. The molecule has 1 aliphatic heterocycles. The zero-order valence-electron chi connectivity index (χ0n) is 12.6. The van der Waals surface area contributed by atoms with Gasteiger partial charge in [0.2, 0.25) is 5.91 Å². The second kappa shape index (κ2) is 6.83. The maximum Gasteiger partial charge on any atom is 0.227 e. The van der Waals surface area contributed by atoms with Crippen LogP contribution in [0, 0.1) is 0 Å². The Morgan fingerprint density at radius 3 is 2.91 bits per heavy atom. The second-order valence-corrected chi connectivity index (χ2v) is 5.94. The van der Waals surface area contributed by atoms with E-state index in [4.69, 9.17) is 9.47 Å². The summed E-state index contributed by atoms with van der Waals surface area (Å²) < 4.78 is 11.3. The smallest absolute Gasteiger partial charge is 0.227 e. The van der Waals surface area contributed by atoms with E-state index in [2.05, 4.69) is 0 Å². The summed E-state index contributed by atoms with van der Waals surface area (Å²) >= 11 is 1.62. The first-order valence-corrected chi connectivity index (χ1v) is 8.38. The van der Waals surface area contributed by atoms with Crippen LogP contribution in [0.4, 0.5) is 0 Å². The van der Waals surface area contributed by atoms with Gasteiger partial charge in [0, 0.05) is 18.7 Å². The Bertz CT molecular complexity index is 639. The van der Waals surface area contributed by atoms with E-state index in [-0.39, 0.29) is 5.91 Å². The number of likely N-dealkylation sites (N-methyl/N-ethyl adjacent to an activating group) is 1. The molecule has 1 aromatic carbocycles. The van der Waals surface area contributed by atoms with Crippen LogP contribution in [0.1, 0.15) is 18.1 Å². The van der Waals surface area contributed by atoms with Gasteiger partial charge in [-0.05, 0) is 35.4 Å². The van der Waals surface area contributed by atoms with Gasteiger partial charge in [-0.15, -0.1) is 0 Å². The molecule has 0 atom stereocenters. The van der Waals surface area contributed by atoms with Gasteiger partial charge in [-0.1, -0.05) is 12.1 Å². The Kier molecular flexibility index (Phi) is 4.63. The highest BCUT2D eigenvalue weighted by atomic mass is 32.1. The van der Waals surface area contributed by atoms with Crippen molar-refractivity contribution in [3.8, 4) is 11.5 Å². The first kappa shape index (κ1) is 14.9. The van der Waals surface area contributed by atoms with Crippen LogP contribution >= 0.6 is 11.3 Å². The average Bonchev–Trinajstić information content (AvgIpc) is 3.05. The van der Waals surface area contributed by atoms with Crippen LogP contribution in [0.25, 0.3) is 0 Å². The third-order valence-corrected chi connectivity index (χ3v) is 4.41. The Morgan fingerprint density at radius 2 is 2.14 bits per heavy atom. The van der Waals surface area contributed by atoms with Gasteiger partial charge in [0.15, 0.2) is 11.5 Å². The number of hydrogen-bond acceptors (Lipinski definition) is 4. The van der Waals surface area contributed by atoms with Crippen LogP contribution in [-0.4, -0.2) is 30.6 Å². The van der Waals surface area contributed by atoms with Crippen molar-refractivity contribution in [3.63, 3.8) is 0 Å². The van der Waals surface area contributed by atoms with E-state index in [0.29, 0.717) is 32.7 Å². The minimum Gasteiger partial charge on any atom is -0.486 e. The van der Waals surface area contributed by atoms with Crippen molar-refractivity contribution >= 4 is 17.2 Å². The highest BCUT2D eigenvalue weighted by molar-refractivity contribution is 7.07. The molecular weight excluding hydrogens is 298 g/mol. The Labute approximate surface area is 134 Å². The summed E-state index contributed by atoms with van der Waals surface area (Å²) in [6.07, 6.45) is 0.448. The first-order valence-electron chi connectivity index (χ1n) is 7.44. The van der Waals surface area contributed by atoms with E-state index in [0.717, 1.165) is 22.6 Å². The number of carbonyl (C=O) groups is 1. The highest BCUT2D eigenvalue weighted by Gasteiger charge is 2.19. The van der Waals surface area contributed by atoms with Crippen molar-refractivity contribution in [2.75, 3.05) is 19.8 Å². The van der Waals surface area contributed by atoms with Crippen molar-refractivity contribution in [1.82, 2.24) is 4.90 Å². The number of amides is 1. The number of nitrogens with zero attached hydrogens (tertiary/aromatic N) is 1. The first-order chi connectivity index (χ1) is 10.8. The molecule has 0 N–H and O–H groups in total. The number of carbonyl (C=O) groups excluding carboxylic acids is 1. The number of hydrogen-bond donors (Lipinski definition) is 0. The predicted octanol–water partition coefficient (Wildman–Crippen LogP) is 3.11. The van der Waals surface area contributed by atoms with Crippen molar-refractivity contribution in [2.45, 2.75) is 19.9 Å². The molecule has 116 valence electrons. The van der Waals surface area contributed by atoms with Crippen molar-refractivity contribution < 1.29 is 14.3 Å². The molecule has 0 unspecified atom stereocenters. The lowest BCUT2D eigenvalue weighted by atomic mass is 10.1. The lowest BCUT2D eigenvalue weighted by Gasteiger charge is -2.25. The van der Waals surface area contributed by atoms with Crippen LogP contribution in [0.2, 0.25) is 0 Å². The molecule has 0 saturated carbocycles. The third-order valence-electron chi connectivity index (χ3n) is 3.68. The van der Waals surface area contributed by atoms with E-state index in [9.17, 15) is 4.79 Å². The third kappa shape index (κ3) is 3.25. The maximum atomic E-state index is 12.5. The molecule has 0 aliphatic carbocycles. The summed E-state index contributed by atoms with van der Waals surface area (Å²) in [5.74, 6) is 1.68. The van der Waals surface area contributed by atoms with Gasteiger partial charge < -0.3 is 14.4 Å². The van der Waals surface area contributed by atoms with E-state index in [1.165, 1.54) is 0 Å². The fourth-order valence-corrected chi connectivity index (χ4v) is 3.19. The zero-order valence-corrected chi connectivity index (χ0v) is 13.4. The van der Waals surface area contributed by atoms with Crippen LogP contribution in [0.5, 0.6) is 11.5 Å². The summed E-state index contributed by atoms with van der Waals surface area (Å²) in [7, 11) is 0. The summed E-state index contributed by atoms with van der Waals surface area (Å²) in [6, 6.07) is 7.84. The summed E-state index contributed by atoms with van der Waals surface area (Å²) in [6.45, 7) is 4.35. The predicted molar refractivity (Wildman–Crippen MR) is 86.5 cm³/mol. The summed E-state index contributed by atoms with van der Waals surface area (Å²) in [4.78, 5) is 14.3. The number of fused-ring (bicyclic) bond motifs is 1. The zero-order chi connectivity index (χ0) is 15.4. The molecule has 1 aromatic heterocycles. The van der Waals surface area contributed by atoms with Gasteiger partial charge in [-0.2, -0.15) is 11.3 Å². The number of ether oxygens (including phenoxy) is 2. The molecule has 5 heteroatoms. The second-order valence-electron chi connectivity index (χ2n) is 5.16. The Hall–Kier alpha value is -2.01. The van der Waals surface area contributed by atoms with E-state index < -0.39 is 0 Å². The molecule has 1 aliphatic rings. The van der Waals surface area contributed by atoms with E-state index in [1.807, 2.05) is 46.8 Å². The van der Waals surface area contributed by atoms with Crippen LogP contribution in [-0.2, 0) is 17.8 Å². The van der Waals surface area contributed by atoms with Gasteiger partial charge in [0.05, 0.1) is 6.42 Å². The molecule has 0 spiro atoms. The molecular formula is C17H19NO3S. The fourth-order valence-electron chi connectivity index (χ4n) is 2.52. The van der Waals surface area contributed by atoms with Crippen molar-refractivity contribution in [2.24, 2.45) is 0 Å². The minimum atomic E-state index is 0.134. The van der Waals surface area contributed by atoms with Gasteiger partial charge in [0.25, 0.3) is 0 Å². The molecule has 2 aromatic rings. The van der Waals surface area contributed by atoms with E-state index in [1.54, 1.807) is 11.3 Å². The molecule has 4 nitrogen and oxygen atoms in total. The average molecular weight is 317 g/mol. The van der Waals surface area contributed by atoms with Crippen molar-refractivity contribution in [3.05, 3.63) is 46.2 Å². The van der Waals surface area contributed by atoms with Crippen LogP contribution in [0.3, 0.4) is 0 Å². The fraction of sp³-hybridized carbons (Fsp3) is 0.353. The molecule has 0 radical (unpaired) electrons. The molecule has 3 rings (SSSR count). The van der Waals surface area contributed by atoms with E-state index >= 15 is 0 Å². The topological polar surface area (TPSA) is 38.8 Å². The molecule has 0 bridgehead atoms. The molecule has 1 amide bonds. The molecule has 2 heterocycles. The van der Waals surface area contributed by atoms with Crippen LogP contribution < -0.4 is 9.47 Å². The number of rotatable bonds is 5.